The van der Waals surface area contributed by atoms with E-state index in [4.69, 9.17) is 14.0 Å². The van der Waals surface area contributed by atoms with Gasteiger partial charge < -0.3 is 14.0 Å². The molecular weight excluding hydrogens is 356 g/mol. The Labute approximate surface area is 168 Å². The van der Waals surface area contributed by atoms with Crippen molar-refractivity contribution < 1.29 is 18.4 Å². The second kappa shape index (κ2) is 8.48. The fourth-order valence-electron chi connectivity index (χ4n) is 3.56. The summed E-state index contributed by atoms with van der Waals surface area (Å²) in [5, 5.41) is 0. The predicted octanol–water partition coefficient (Wildman–Crippen LogP) is 4.68. The Balaban J connectivity index is 1.75. The van der Waals surface area contributed by atoms with Gasteiger partial charge in [-0.2, -0.15) is 0 Å². The molecule has 1 aromatic carbocycles. The summed E-state index contributed by atoms with van der Waals surface area (Å²) < 4.78 is 32.3. The van der Waals surface area contributed by atoms with Crippen LogP contribution in [-0.4, -0.2) is 37.7 Å². The van der Waals surface area contributed by atoms with Crippen LogP contribution in [0.2, 0.25) is 0 Å². The maximum Gasteiger partial charge on any atom is 0.495 e. The first kappa shape index (κ1) is 21.2. The normalized spacial score (nSPS) is 24.0. The van der Waals surface area contributed by atoms with Gasteiger partial charge in [-0.3, -0.25) is 4.99 Å². The molecule has 28 heavy (non-hydrogen) atoms. The summed E-state index contributed by atoms with van der Waals surface area (Å²) in [5.74, 6) is 0.224. The number of nitrogens with zero attached hydrogens (tertiary/aromatic N) is 1. The summed E-state index contributed by atoms with van der Waals surface area (Å²) in [6.45, 7) is 13.4. The van der Waals surface area contributed by atoms with Gasteiger partial charge in [0.05, 0.1) is 16.9 Å². The predicted molar refractivity (Wildman–Crippen MR) is 113 cm³/mol. The third kappa shape index (κ3) is 4.56. The Hall–Kier alpha value is -1.50. The van der Waals surface area contributed by atoms with Crippen LogP contribution in [0.15, 0.2) is 23.7 Å². The van der Waals surface area contributed by atoms with Crippen molar-refractivity contribution in [1.29, 1.82) is 0 Å². The zero-order chi connectivity index (χ0) is 20.4. The molecule has 2 fully saturated rings. The number of rotatable bonds is 6. The van der Waals surface area contributed by atoms with Gasteiger partial charge >= 0.3 is 7.12 Å². The summed E-state index contributed by atoms with van der Waals surface area (Å²) in [4.78, 5) is 4.54. The summed E-state index contributed by atoms with van der Waals surface area (Å²) in [7, 11) is -0.619. The fraction of sp³-hybridized carbons (Fsp3) is 0.591. The van der Waals surface area contributed by atoms with Crippen LogP contribution in [0.3, 0.4) is 0 Å². The van der Waals surface area contributed by atoms with E-state index in [2.05, 4.69) is 11.6 Å². The molecule has 0 aromatic heterocycles. The molecule has 2 saturated heterocycles. The highest BCUT2D eigenvalue weighted by atomic mass is 19.1. The largest absolute Gasteiger partial charge is 0.495 e. The molecule has 0 aliphatic carbocycles. The lowest BCUT2D eigenvalue weighted by molar-refractivity contribution is 0.00578. The van der Waals surface area contributed by atoms with Crippen LogP contribution in [0.1, 0.15) is 58.9 Å². The second-order valence-corrected chi connectivity index (χ2v) is 8.70. The van der Waals surface area contributed by atoms with Gasteiger partial charge in [0.25, 0.3) is 0 Å². The first-order valence-electron chi connectivity index (χ1n) is 10.2. The molecule has 3 rings (SSSR count). The fourth-order valence-corrected chi connectivity index (χ4v) is 3.56. The number of aliphatic imine (C=N–C) groups is 1. The minimum Gasteiger partial charge on any atom is -0.399 e. The Morgan fingerprint density at radius 1 is 1.25 bits per heavy atom. The van der Waals surface area contributed by atoms with E-state index in [9.17, 15) is 4.39 Å². The molecule has 0 N–H and O–H groups in total. The quantitative estimate of drug-likeness (QED) is 0.526. The van der Waals surface area contributed by atoms with Crippen molar-refractivity contribution >= 4 is 30.6 Å². The monoisotopic (exact) mass is 387 g/mol. The van der Waals surface area contributed by atoms with E-state index in [1.54, 1.807) is 0 Å². The standard InChI is InChI=1S/C22H31BFNO3/c1-6-18-19(24)13-17(23-27-21(2,3)22(4,5)28-23)14-20(18)25-11-7-9-16-10-8-12-26-15-16/h6,11,13-14,16H,1,7-10,12,15H2,2-5H3/t16-/m0/s1. The van der Waals surface area contributed by atoms with E-state index in [0.29, 0.717) is 22.6 Å². The van der Waals surface area contributed by atoms with Crippen LogP contribution in [0.5, 0.6) is 0 Å². The summed E-state index contributed by atoms with van der Waals surface area (Å²) in [6.07, 6.45) is 7.58. The Kier molecular flexibility index (Phi) is 6.42. The number of hydrogen-bond donors (Lipinski definition) is 0. The molecule has 0 bridgehead atoms. The Morgan fingerprint density at radius 2 is 1.96 bits per heavy atom. The van der Waals surface area contributed by atoms with Crippen molar-refractivity contribution in [3.8, 4) is 0 Å². The number of hydrogen-bond acceptors (Lipinski definition) is 4. The number of ether oxygens (including phenoxy) is 1. The van der Waals surface area contributed by atoms with E-state index in [1.165, 1.54) is 18.6 Å². The van der Waals surface area contributed by atoms with E-state index < -0.39 is 18.3 Å². The highest BCUT2D eigenvalue weighted by molar-refractivity contribution is 6.62. The van der Waals surface area contributed by atoms with Crippen molar-refractivity contribution in [2.24, 2.45) is 10.9 Å². The van der Waals surface area contributed by atoms with E-state index in [0.717, 1.165) is 32.5 Å². The maximum atomic E-state index is 14.7. The lowest BCUT2D eigenvalue weighted by Gasteiger charge is -2.32. The van der Waals surface area contributed by atoms with Gasteiger partial charge in [-0.25, -0.2) is 4.39 Å². The Morgan fingerprint density at radius 3 is 2.57 bits per heavy atom. The second-order valence-electron chi connectivity index (χ2n) is 8.70. The van der Waals surface area contributed by atoms with Gasteiger partial charge in [0, 0.05) is 25.0 Å². The van der Waals surface area contributed by atoms with Gasteiger partial charge in [-0.05, 0) is 76.9 Å². The van der Waals surface area contributed by atoms with Gasteiger partial charge in [0.2, 0.25) is 0 Å². The van der Waals surface area contributed by atoms with Crippen molar-refractivity contribution in [1.82, 2.24) is 0 Å². The third-order valence-electron chi connectivity index (χ3n) is 6.05. The molecule has 2 heterocycles. The van der Waals surface area contributed by atoms with Crippen molar-refractivity contribution in [3.63, 3.8) is 0 Å². The van der Waals surface area contributed by atoms with Crippen molar-refractivity contribution in [2.45, 2.75) is 64.6 Å². The van der Waals surface area contributed by atoms with Gasteiger partial charge in [-0.1, -0.05) is 12.7 Å². The van der Waals surface area contributed by atoms with Crippen LogP contribution < -0.4 is 5.46 Å². The average molecular weight is 387 g/mol. The Bertz CT molecular complexity index is 726. The summed E-state index contributed by atoms with van der Waals surface area (Å²) in [5.41, 5.74) is 0.639. The molecule has 0 amide bonds. The molecule has 4 nitrogen and oxygen atoms in total. The summed E-state index contributed by atoms with van der Waals surface area (Å²) >= 11 is 0. The average Bonchev–Trinajstić information content (AvgIpc) is 2.87. The van der Waals surface area contributed by atoms with Gasteiger partial charge in [0.15, 0.2) is 0 Å². The molecule has 2 aliphatic rings. The van der Waals surface area contributed by atoms with Crippen molar-refractivity contribution in [3.05, 3.63) is 30.1 Å². The maximum absolute atomic E-state index is 14.7. The van der Waals surface area contributed by atoms with Gasteiger partial charge in [0.1, 0.15) is 5.82 Å². The molecular formula is C22H31BFNO3. The van der Waals surface area contributed by atoms with E-state index >= 15 is 0 Å². The van der Waals surface area contributed by atoms with Gasteiger partial charge in [-0.15, -0.1) is 0 Å². The molecule has 152 valence electrons. The number of halogens is 1. The zero-order valence-corrected chi connectivity index (χ0v) is 17.5. The SMILES string of the molecule is C=Cc1c(F)cc(B2OC(C)(C)C(C)(C)O2)cc1N=CCC[C@H]1CCCOC1. The van der Waals surface area contributed by atoms with E-state index in [-0.39, 0.29) is 5.82 Å². The van der Waals surface area contributed by atoms with Crippen LogP contribution in [-0.2, 0) is 14.0 Å². The van der Waals surface area contributed by atoms with Crippen LogP contribution in [0, 0.1) is 11.7 Å². The number of benzene rings is 1. The van der Waals surface area contributed by atoms with Crippen molar-refractivity contribution in [2.75, 3.05) is 13.2 Å². The lowest BCUT2D eigenvalue weighted by Crippen LogP contribution is -2.41. The summed E-state index contributed by atoms with van der Waals surface area (Å²) in [6, 6.07) is 3.29. The first-order chi connectivity index (χ1) is 13.2. The minimum absolute atomic E-state index is 0.366. The zero-order valence-electron chi connectivity index (χ0n) is 17.5. The third-order valence-corrected chi connectivity index (χ3v) is 6.05. The molecule has 0 spiro atoms. The highest BCUT2D eigenvalue weighted by Crippen LogP contribution is 2.37. The molecule has 2 aliphatic heterocycles. The molecule has 0 unspecified atom stereocenters. The first-order valence-corrected chi connectivity index (χ1v) is 10.2. The molecule has 0 saturated carbocycles. The highest BCUT2D eigenvalue weighted by Gasteiger charge is 2.51. The molecule has 0 radical (unpaired) electrons. The molecule has 6 heteroatoms. The smallest absolute Gasteiger partial charge is 0.399 e. The van der Waals surface area contributed by atoms with E-state index in [1.807, 2.05) is 40.0 Å². The van der Waals surface area contributed by atoms with Crippen LogP contribution >= 0.6 is 0 Å². The molecule has 1 atom stereocenters. The lowest BCUT2D eigenvalue weighted by atomic mass is 9.78. The topological polar surface area (TPSA) is 40.0 Å². The van der Waals surface area contributed by atoms with Crippen LogP contribution in [0.25, 0.3) is 6.08 Å². The molecule has 1 aromatic rings. The minimum atomic E-state index is -0.619. The van der Waals surface area contributed by atoms with Crippen LogP contribution in [0.4, 0.5) is 10.1 Å².